The number of piperidine rings is 1. The Hall–Kier alpha value is -0.980. The number of aryl methyl sites for hydroxylation is 1. The van der Waals surface area contributed by atoms with Crippen LogP contribution in [0.1, 0.15) is 34.8 Å². The number of ether oxygens (including phenoxy) is 1. The summed E-state index contributed by atoms with van der Waals surface area (Å²) in [4.78, 5) is 18.5. The molecule has 20 heavy (non-hydrogen) atoms. The zero-order valence-electron chi connectivity index (χ0n) is 12.1. The van der Waals surface area contributed by atoms with E-state index >= 15 is 0 Å². The van der Waals surface area contributed by atoms with Crippen molar-refractivity contribution < 1.29 is 14.6 Å². The summed E-state index contributed by atoms with van der Waals surface area (Å²) in [6.45, 7) is 3.93. The minimum Gasteiger partial charge on any atom is -0.396 e. The number of nitrogens with zero attached hydrogens (tertiary/aromatic N) is 2. The number of carbonyl (C=O) groups excluding carboxylic acids is 1. The average molecular weight is 298 g/mol. The molecule has 0 aliphatic carbocycles. The van der Waals surface area contributed by atoms with Crippen LogP contribution in [-0.4, -0.2) is 54.3 Å². The van der Waals surface area contributed by atoms with Crippen LogP contribution in [0.2, 0.25) is 0 Å². The van der Waals surface area contributed by atoms with E-state index in [1.54, 1.807) is 7.11 Å². The van der Waals surface area contributed by atoms with E-state index in [0.29, 0.717) is 18.8 Å². The lowest BCUT2D eigenvalue weighted by molar-refractivity contribution is 0.00876. The Morgan fingerprint density at radius 1 is 1.65 bits per heavy atom. The first-order valence-electron chi connectivity index (χ1n) is 6.91. The molecule has 1 atom stereocenters. The molecule has 1 aliphatic heterocycles. The molecule has 1 aromatic rings. The van der Waals surface area contributed by atoms with Crippen molar-refractivity contribution >= 4 is 17.2 Å². The quantitative estimate of drug-likeness (QED) is 0.899. The van der Waals surface area contributed by atoms with E-state index in [1.165, 1.54) is 11.3 Å². The van der Waals surface area contributed by atoms with Crippen molar-refractivity contribution in [3.8, 4) is 0 Å². The second-order valence-electron chi connectivity index (χ2n) is 5.48. The van der Waals surface area contributed by atoms with Gasteiger partial charge < -0.3 is 14.7 Å². The first kappa shape index (κ1) is 15.4. The van der Waals surface area contributed by atoms with Crippen LogP contribution >= 0.6 is 11.3 Å². The molecule has 2 heterocycles. The van der Waals surface area contributed by atoms with Gasteiger partial charge >= 0.3 is 0 Å². The third-order valence-electron chi connectivity index (χ3n) is 3.96. The van der Waals surface area contributed by atoms with E-state index in [-0.39, 0.29) is 17.9 Å². The van der Waals surface area contributed by atoms with Gasteiger partial charge in [-0.2, -0.15) is 0 Å². The van der Waals surface area contributed by atoms with Gasteiger partial charge in [-0.15, -0.1) is 11.3 Å². The van der Waals surface area contributed by atoms with Crippen molar-refractivity contribution in [3.05, 3.63) is 16.1 Å². The number of likely N-dealkylation sites (tertiary alicyclic amines) is 1. The van der Waals surface area contributed by atoms with Crippen LogP contribution in [0, 0.1) is 12.3 Å². The highest BCUT2D eigenvalue weighted by molar-refractivity contribution is 7.09. The molecule has 0 saturated carbocycles. The molecule has 0 aromatic carbocycles. The van der Waals surface area contributed by atoms with Crippen LogP contribution in [0.5, 0.6) is 0 Å². The molecule has 1 fully saturated rings. The number of rotatable bonds is 5. The van der Waals surface area contributed by atoms with Gasteiger partial charge in [0.1, 0.15) is 5.69 Å². The van der Waals surface area contributed by atoms with E-state index in [4.69, 9.17) is 4.74 Å². The SMILES string of the molecule is COCCC1(CO)CCCN(C(=O)c2csc(C)n2)C1. The Morgan fingerprint density at radius 3 is 3.05 bits per heavy atom. The van der Waals surface area contributed by atoms with Crippen molar-refractivity contribution in [2.45, 2.75) is 26.2 Å². The van der Waals surface area contributed by atoms with Gasteiger partial charge in [0.2, 0.25) is 0 Å². The topological polar surface area (TPSA) is 62.7 Å². The Bertz CT molecular complexity index is 463. The number of hydrogen-bond donors (Lipinski definition) is 1. The number of carbonyl (C=O) groups is 1. The number of methoxy groups -OCH3 is 1. The van der Waals surface area contributed by atoms with Crippen molar-refractivity contribution in [2.75, 3.05) is 33.4 Å². The second-order valence-corrected chi connectivity index (χ2v) is 6.55. The fraction of sp³-hybridized carbons (Fsp3) is 0.714. The zero-order chi connectivity index (χ0) is 14.6. The maximum atomic E-state index is 12.4. The number of amides is 1. The zero-order valence-corrected chi connectivity index (χ0v) is 12.9. The van der Waals surface area contributed by atoms with Crippen LogP contribution in [0.15, 0.2) is 5.38 Å². The molecule has 1 N–H and O–H groups in total. The van der Waals surface area contributed by atoms with Crippen LogP contribution in [-0.2, 0) is 4.74 Å². The summed E-state index contributed by atoms with van der Waals surface area (Å²) in [5.74, 6) is -0.0238. The molecule has 1 aliphatic rings. The fourth-order valence-electron chi connectivity index (χ4n) is 2.74. The first-order valence-corrected chi connectivity index (χ1v) is 7.79. The van der Waals surface area contributed by atoms with E-state index < -0.39 is 0 Å². The van der Waals surface area contributed by atoms with Gasteiger partial charge in [-0.3, -0.25) is 4.79 Å². The molecule has 1 saturated heterocycles. The molecular weight excluding hydrogens is 276 g/mol. The van der Waals surface area contributed by atoms with E-state index in [9.17, 15) is 9.90 Å². The lowest BCUT2D eigenvalue weighted by Crippen LogP contribution is -2.48. The Kier molecular flexibility index (Phi) is 5.12. The highest BCUT2D eigenvalue weighted by atomic mass is 32.1. The number of aliphatic hydroxyl groups excluding tert-OH is 1. The molecular formula is C14H22N2O3S. The molecule has 1 unspecified atom stereocenters. The van der Waals surface area contributed by atoms with Gasteiger partial charge in [0.05, 0.1) is 11.6 Å². The smallest absolute Gasteiger partial charge is 0.273 e. The summed E-state index contributed by atoms with van der Waals surface area (Å²) in [6.07, 6.45) is 2.63. The van der Waals surface area contributed by atoms with Crippen LogP contribution in [0.25, 0.3) is 0 Å². The summed E-state index contributed by atoms with van der Waals surface area (Å²) < 4.78 is 5.13. The Labute approximate surface area is 123 Å². The molecule has 1 aromatic heterocycles. The molecule has 0 bridgehead atoms. The minimum atomic E-state index is -0.227. The summed E-state index contributed by atoms with van der Waals surface area (Å²) in [5.41, 5.74) is 0.294. The van der Waals surface area contributed by atoms with Crippen LogP contribution in [0.4, 0.5) is 0 Å². The minimum absolute atomic E-state index is 0.0238. The molecule has 5 nitrogen and oxygen atoms in total. The predicted octanol–water partition coefficient (Wildman–Crippen LogP) is 1.70. The second kappa shape index (κ2) is 6.65. The van der Waals surface area contributed by atoms with Gasteiger partial charge in [-0.05, 0) is 26.2 Å². The van der Waals surface area contributed by atoms with Crippen LogP contribution < -0.4 is 0 Å². The van der Waals surface area contributed by atoms with Crippen molar-refractivity contribution in [3.63, 3.8) is 0 Å². The van der Waals surface area contributed by atoms with Gasteiger partial charge in [-0.1, -0.05) is 0 Å². The number of thiazole rings is 1. The number of aromatic nitrogens is 1. The largest absolute Gasteiger partial charge is 0.396 e. The Balaban J connectivity index is 2.07. The van der Waals surface area contributed by atoms with Crippen molar-refractivity contribution in [1.29, 1.82) is 0 Å². The van der Waals surface area contributed by atoms with E-state index in [1.807, 2.05) is 17.2 Å². The van der Waals surface area contributed by atoms with E-state index in [0.717, 1.165) is 30.8 Å². The first-order chi connectivity index (χ1) is 9.60. The van der Waals surface area contributed by atoms with Crippen molar-refractivity contribution in [1.82, 2.24) is 9.88 Å². The fourth-order valence-corrected chi connectivity index (χ4v) is 3.32. The highest BCUT2D eigenvalue weighted by Gasteiger charge is 2.37. The summed E-state index contributed by atoms with van der Waals surface area (Å²) in [7, 11) is 1.66. The number of hydrogen-bond acceptors (Lipinski definition) is 5. The summed E-state index contributed by atoms with van der Waals surface area (Å²) in [5, 5.41) is 12.4. The lowest BCUT2D eigenvalue weighted by Gasteiger charge is -2.41. The molecule has 112 valence electrons. The van der Waals surface area contributed by atoms with Gasteiger partial charge in [0, 0.05) is 37.6 Å². The summed E-state index contributed by atoms with van der Waals surface area (Å²) in [6, 6.07) is 0. The molecule has 0 radical (unpaired) electrons. The third-order valence-corrected chi connectivity index (χ3v) is 4.73. The van der Waals surface area contributed by atoms with Crippen LogP contribution in [0.3, 0.4) is 0 Å². The standard InChI is InChI=1S/C14H22N2O3S/c1-11-15-12(8-20-11)13(18)16-6-3-4-14(9-16,10-17)5-7-19-2/h8,17H,3-7,9-10H2,1-2H3. The van der Waals surface area contributed by atoms with Gasteiger partial charge in [-0.25, -0.2) is 4.98 Å². The lowest BCUT2D eigenvalue weighted by atomic mass is 9.78. The van der Waals surface area contributed by atoms with Gasteiger partial charge in [0.25, 0.3) is 5.91 Å². The van der Waals surface area contributed by atoms with Crippen molar-refractivity contribution in [2.24, 2.45) is 5.41 Å². The number of aliphatic hydroxyl groups is 1. The molecule has 1 amide bonds. The monoisotopic (exact) mass is 298 g/mol. The molecule has 6 heteroatoms. The predicted molar refractivity (Wildman–Crippen MR) is 78.0 cm³/mol. The maximum Gasteiger partial charge on any atom is 0.273 e. The normalized spacial score (nSPS) is 23.1. The van der Waals surface area contributed by atoms with Gasteiger partial charge in [0.15, 0.2) is 0 Å². The molecule has 0 spiro atoms. The van der Waals surface area contributed by atoms with E-state index in [2.05, 4.69) is 4.98 Å². The average Bonchev–Trinajstić information content (AvgIpc) is 2.91. The third kappa shape index (κ3) is 3.37. The molecule has 2 rings (SSSR count). The Morgan fingerprint density at radius 2 is 2.45 bits per heavy atom. The maximum absolute atomic E-state index is 12.4. The summed E-state index contributed by atoms with van der Waals surface area (Å²) >= 11 is 1.49. The highest BCUT2D eigenvalue weighted by Crippen LogP contribution is 2.33.